The molecular weight excluding hydrogens is 250 g/mol. The lowest BCUT2D eigenvalue weighted by molar-refractivity contribution is -0.142. The van der Waals surface area contributed by atoms with Crippen LogP contribution in [0.25, 0.3) is 0 Å². The summed E-state index contributed by atoms with van der Waals surface area (Å²) in [5, 5.41) is -0.224. The number of carbonyl (C=O) groups is 1. The van der Waals surface area contributed by atoms with Crippen molar-refractivity contribution in [3.63, 3.8) is 0 Å². The fraction of sp³-hybridized carbons (Fsp3) is 0.462. The second kappa shape index (κ2) is 6.00. The molecular formula is C13H17NO3S. The third-order valence-corrected chi connectivity index (χ3v) is 3.96. The van der Waals surface area contributed by atoms with Crippen molar-refractivity contribution in [1.82, 2.24) is 0 Å². The van der Waals surface area contributed by atoms with Crippen LogP contribution in [0.15, 0.2) is 24.3 Å². The molecule has 1 atom stereocenters. The predicted molar refractivity (Wildman–Crippen MR) is 73.2 cm³/mol. The van der Waals surface area contributed by atoms with E-state index in [-0.39, 0.29) is 11.3 Å². The van der Waals surface area contributed by atoms with Crippen LogP contribution < -0.4 is 9.64 Å². The number of esters is 1. The second-order valence-electron chi connectivity index (χ2n) is 3.87. The molecule has 1 fully saturated rings. The molecule has 4 nitrogen and oxygen atoms in total. The fourth-order valence-corrected chi connectivity index (χ4v) is 3.05. The van der Waals surface area contributed by atoms with Gasteiger partial charge in [-0.05, 0) is 31.2 Å². The molecule has 1 heterocycles. The lowest BCUT2D eigenvalue weighted by Crippen LogP contribution is -2.35. The van der Waals surface area contributed by atoms with Crippen molar-refractivity contribution in [1.29, 1.82) is 0 Å². The van der Waals surface area contributed by atoms with Gasteiger partial charge in [0, 0.05) is 18.0 Å². The summed E-state index contributed by atoms with van der Waals surface area (Å²) in [6.45, 7) is 3.11. The molecule has 1 aliphatic heterocycles. The molecule has 0 radical (unpaired) electrons. The number of carbonyl (C=O) groups excluding carboxylic acids is 1. The molecule has 0 unspecified atom stereocenters. The van der Waals surface area contributed by atoms with Crippen LogP contribution in [0.4, 0.5) is 5.69 Å². The van der Waals surface area contributed by atoms with Crippen molar-refractivity contribution in [2.45, 2.75) is 12.3 Å². The van der Waals surface area contributed by atoms with Gasteiger partial charge >= 0.3 is 5.97 Å². The summed E-state index contributed by atoms with van der Waals surface area (Å²) in [4.78, 5) is 13.9. The number of thioether (sulfide) groups is 1. The van der Waals surface area contributed by atoms with Crippen LogP contribution in [0.2, 0.25) is 0 Å². The van der Waals surface area contributed by atoms with E-state index in [2.05, 4.69) is 4.90 Å². The molecule has 0 aromatic heterocycles. The second-order valence-corrected chi connectivity index (χ2v) is 5.05. The van der Waals surface area contributed by atoms with Gasteiger partial charge < -0.3 is 14.4 Å². The van der Waals surface area contributed by atoms with E-state index in [1.807, 2.05) is 31.2 Å². The molecule has 18 heavy (non-hydrogen) atoms. The number of ether oxygens (including phenoxy) is 2. The number of rotatable bonds is 4. The highest BCUT2D eigenvalue weighted by Gasteiger charge is 2.32. The number of benzene rings is 1. The Balaban J connectivity index is 2.12. The standard InChI is InChI=1S/C13H17NO3S/c1-3-17-13(15)12-14(8-9-18-12)10-4-6-11(16-2)7-5-10/h4-7,12H,3,8-9H2,1-2H3/t12-/m1/s1. The lowest BCUT2D eigenvalue weighted by atomic mass is 10.2. The molecule has 2 rings (SSSR count). The molecule has 1 aliphatic rings. The van der Waals surface area contributed by atoms with Crippen molar-refractivity contribution in [3.8, 4) is 5.75 Å². The van der Waals surface area contributed by atoms with Gasteiger partial charge in [0.25, 0.3) is 0 Å². The number of methoxy groups -OCH3 is 1. The normalized spacial score (nSPS) is 18.8. The Morgan fingerprint density at radius 1 is 1.44 bits per heavy atom. The number of nitrogens with zero attached hydrogens (tertiary/aromatic N) is 1. The molecule has 1 aromatic rings. The Morgan fingerprint density at radius 3 is 2.78 bits per heavy atom. The van der Waals surface area contributed by atoms with Crippen molar-refractivity contribution >= 4 is 23.4 Å². The molecule has 5 heteroatoms. The summed E-state index contributed by atoms with van der Waals surface area (Å²) in [5.74, 6) is 1.60. The van der Waals surface area contributed by atoms with Crippen LogP contribution >= 0.6 is 11.8 Å². The van der Waals surface area contributed by atoms with Crippen molar-refractivity contribution < 1.29 is 14.3 Å². The van der Waals surface area contributed by atoms with E-state index in [0.717, 1.165) is 23.7 Å². The van der Waals surface area contributed by atoms with Gasteiger partial charge in [-0.2, -0.15) is 0 Å². The smallest absolute Gasteiger partial charge is 0.339 e. The molecule has 0 spiro atoms. The topological polar surface area (TPSA) is 38.8 Å². The van der Waals surface area contributed by atoms with Crippen LogP contribution in [0.3, 0.4) is 0 Å². The number of hydrogen-bond donors (Lipinski definition) is 0. The van der Waals surface area contributed by atoms with Crippen LogP contribution in [-0.2, 0) is 9.53 Å². The average molecular weight is 267 g/mol. The van der Waals surface area contributed by atoms with Crippen LogP contribution in [0.5, 0.6) is 5.75 Å². The zero-order valence-electron chi connectivity index (χ0n) is 10.6. The molecule has 0 amide bonds. The number of anilines is 1. The van der Waals surface area contributed by atoms with Gasteiger partial charge in [0.05, 0.1) is 13.7 Å². The summed E-state index contributed by atoms with van der Waals surface area (Å²) in [7, 11) is 1.64. The minimum absolute atomic E-state index is 0.157. The van der Waals surface area contributed by atoms with E-state index in [0.29, 0.717) is 6.61 Å². The van der Waals surface area contributed by atoms with E-state index in [1.165, 1.54) is 0 Å². The first kappa shape index (κ1) is 13.1. The van der Waals surface area contributed by atoms with E-state index < -0.39 is 0 Å². The van der Waals surface area contributed by atoms with Gasteiger partial charge in [-0.15, -0.1) is 11.8 Å². The van der Waals surface area contributed by atoms with Gasteiger partial charge in [0.15, 0.2) is 5.37 Å². The highest BCUT2D eigenvalue weighted by molar-refractivity contribution is 8.01. The minimum atomic E-state index is -0.224. The third-order valence-electron chi connectivity index (χ3n) is 2.78. The molecule has 1 aromatic carbocycles. The summed E-state index contributed by atoms with van der Waals surface area (Å²) in [6, 6.07) is 7.74. The van der Waals surface area contributed by atoms with Crippen molar-refractivity contribution in [3.05, 3.63) is 24.3 Å². The lowest BCUT2D eigenvalue weighted by Gasteiger charge is -2.24. The molecule has 0 bridgehead atoms. The first-order chi connectivity index (χ1) is 8.76. The highest BCUT2D eigenvalue weighted by atomic mass is 32.2. The van der Waals surface area contributed by atoms with E-state index in [9.17, 15) is 4.79 Å². The van der Waals surface area contributed by atoms with Gasteiger partial charge in [-0.1, -0.05) is 0 Å². The largest absolute Gasteiger partial charge is 0.497 e. The predicted octanol–water partition coefficient (Wildman–Crippen LogP) is 2.14. The SMILES string of the molecule is CCOC(=O)[C@H]1SCCN1c1ccc(OC)cc1. The zero-order chi connectivity index (χ0) is 13.0. The maximum absolute atomic E-state index is 11.8. The van der Waals surface area contributed by atoms with Crippen LogP contribution in [-0.4, -0.2) is 37.4 Å². The van der Waals surface area contributed by atoms with Gasteiger partial charge in [0.2, 0.25) is 0 Å². The summed E-state index contributed by atoms with van der Waals surface area (Å²) >= 11 is 1.62. The minimum Gasteiger partial charge on any atom is -0.497 e. The highest BCUT2D eigenvalue weighted by Crippen LogP contribution is 2.31. The molecule has 1 saturated heterocycles. The maximum Gasteiger partial charge on any atom is 0.339 e. The zero-order valence-corrected chi connectivity index (χ0v) is 11.4. The van der Waals surface area contributed by atoms with Gasteiger partial charge in [-0.25, -0.2) is 4.79 Å². The van der Waals surface area contributed by atoms with Crippen molar-refractivity contribution in [2.24, 2.45) is 0 Å². The monoisotopic (exact) mass is 267 g/mol. The Labute approximate surface area is 111 Å². The van der Waals surface area contributed by atoms with Crippen LogP contribution in [0.1, 0.15) is 6.92 Å². The Hall–Kier alpha value is -1.36. The number of hydrogen-bond acceptors (Lipinski definition) is 5. The summed E-state index contributed by atoms with van der Waals surface area (Å²) in [5.41, 5.74) is 1.03. The molecule has 0 N–H and O–H groups in total. The molecule has 0 saturated carbocycles. The van der Waals surface area contributed by atoms with Gasteiger partial charge in [-0.3, -0.25) is 0 Å². The molecule has 98 valence electrons. The Kier molecular flexibility index (Phi) is 4.36. The third kappa shape index (κ3) is 2.72. The quantitative estimate of drug-likeness (QED) is 0.781. The Bertz CT molecular complexity index is 407. The van der Waals surface area contributed by atoms with Gasteiger partial charge in [0.1, 0.15) is 5.75 Å². The summed E-state index contributed by atoms with van der Waals surface area (Å²) in [6.07, 6.45) is 0. The van der Waals surface area contributed by atoms with E-state index in [4.69, 9.17) is 9.47 Å². The van der Waals surface area contributed by atoms with Crippen molar-refractivity contribution in [2.75, 3.05) is 30.9 Å². The molecule has 0 aliphatic carbocycles. The first-order valence-corrected chi connectivity index (χ1v) is 7.00. The van der Waals surface area contributed by atoms with E-state index >= 15 is 0 Å². The maximum atomic E-state index is 11.8. The van der Waals surface area contributed by atoms with Crippen LogP contribution in [0, 0.1) is 0 Å². The van der Waals surface area contributed by atoms with E-state index in [1.54, 1.807) is 18.9 Å². The average Bonchev–Trinajstić information content (AvgIpc) is 2.88. The Morgan fingerprint density at radius 2 is 2.17 bits per heavy atom. The summed E-state index contributed by atoms with van der Waals surface area (Å²) < 4.78 is 10.2. The fourth-order valence-electron chi connectivity index (χ4n) is 1.92. The first-order valence-electron chi connectivity index (χ1n) is 5.95.